The summed E-state index contributed by atoms with van der Waals surface area (Å²) in [6.07, 6.45) is 4.17. The van der Waals surface area contributed by atoms with E-state index in [1.165, 1.54) is 0 Å². The molecule has 0 bridgehead atoms. The maximum absolute atomic E-state index is 9.13. The van der Waals surface area contributed by atoms with Crippen molar-refractivity contribution in [2.75, 3.05) is 0 Å². The van der Waals surface area contributed by atoms with E-state index in [1.807, 2.05) is 24.3 Å². The molecular weight excluding hydrogens is 208 g/mol. The summed E-state index contributed by atoms with van der Waals surface area (Å²) >= 11 is 0. The first-order chi connectivity index (χ1) is 8.19. The minimum atomic E-state index is -1.00. The molecule has 84 valence electrons. The van der Waals surface area contributed by atoms with Gasteiger partial charge < -0.3 is 0 Å². The van der Waals surface area contributed by atoms with Crippen LogP contribution in [0.25, 0.3) is 6.08 Å². The first-order valence-electron chi connectivity index (χ1n) is 5.34. The predicted molar refractivity (Wildman–Crippen MR) is 68.7 cm³/mol. The SMILES string of the molecule is C=CCC(C#N)(C#N)Cc1ccc(C=C)cc1. The molecule has 0 saturated carbocycles. The molecule has 0 N–H and O–H groups in total. The second-order valence-electron chi connectivity index (χ2n) is 3.92. The lowest BCUT2D eigenvalue weighted by Gasteiger charge is -2.16. The highest BCUT2D eigenvalue weighted by molar-refractivity contribution is 5.47. The zero-order valence-electron chi connectivity index (χ0n) is 9.69. The van der Waals surface area contributed by atoms with Crippen molar-refractivity contribution in [1.82, 2.24) is 0 Å². The van der Waals surface area contributed by atoms with Crippen LogP contribution in [0.5, 0.6) is 0 Å². The highest BCUT2D eigenvalue weighted by atomic mass is 14.4. The van der Waals surface area contributed by atoms with Gasteiger partial charge in [0.05, 0.1) is 12.1 Å². The van der Waals surface area contributed by atoms with Crippen LogP contribution in [-0.4, -0.2) is 0 Å². The second kappa shape index (κ2) is 5.68. The van der Waals surface area contributed by atoms with Gasteiger partial charge in [-0.2, -0.15) is 10.5 Å². The van der Waals surface area contributed by atoms with Crippen molar-refractivity contribution in [3.63, 3.8) is 0 Å². The van der Waals surface area contributed by atoms with Gasteiger partial charge in [0.2, 0.25) is 0 Å². The van der Waals surface area contributed by atoms with Crippen molar-refractivity contribution < 1.29 is 0 Å². The normalized spacial score (nSPS) is 10.0. The molecular formula is C15H14N2. The molecule has 0 aliphatic carbocycles. The summed E-state index contributed by atoms with van der Waals surface area (Å²) in [6.45, 7) is 7.27. The summed E-state index contributed by atoms with van der Waals surface area (Å²) in [5.74, 6) is 0. The van der Waals surface area contributed by atoms with Crippen LogP contribution in [-0.2, 0) is 6.42 Å². The van der Waals surface area contributed by atoms with Gasteiger partial charge in [-0.25, -0.2) is 0 Å². The van der Waals surface area contributed by atoms with Crippen molar-refractivity contribution in [2.24, 2.45) is 5.41 Å². The molecule has 0 heterocycles. The van der Waals surface area contributed by atoms with Gasteiger partial charge >= 0.3 is 0 Å². The Morgan fingerprint density at radius 2 is 1.71 bits per heavy atom. The van der Waals surface area contributed by atoms with E-state index in [2.05, 4.69) is 25.3 Å². The fourth-order valence-electron chi connectivity index (χ4n) is 1.63. The standard InChI is InChI=1S/C15H14N2/c1-3-9-15(11-16,12-17)10-14-7-5-13(4-2)6-8-14/h3-8H,1-2,9-10H2. The van der Waals surface area contributed by atoms with Crippen molar-refractivity contribution >= 4 is 6.08 Å². The third kappa shape index (κ3) is 3.06. The lowest BCUT2D eigenvalue weighted by atomic mass is 9.81. The Morgan fingerprint density at radius 1 is 1.12 bits per heavy atom. The zero-order chi connectivity index (χ0) is 12.7. The number of hydrogen-bond donors (Lipinski definition) is 0. The Hall–Kier alpha value is -2.32. The molecule has 2 heteroatoms. The fraction of sp³-hybridized carbons (Fsp3) is 0.200. The summed E-state index contributed by atoms with van der Waals surface area (Å²) in [6, 6.07) is 11.9. The molecule has 0 spiro atoms. The van der Waals surface area contributed by atoms with Crippen molar-refractivity contribution in [3.05, 3.63) is 54.6 Å². The topological polar surface area (TPSA) is 47.6 Å². The van der Waals surface area contributed by atoms with Gasteiger partial charge in [-0.15, -0.1) is 6.58 Å². The molecule has 1 rings (SSSR count). The molecule has 0 fully saturated rings. The Kier molecular flexibility index (Phi) is 4.26. The summed E-state index contributed by atoms with van der Waals surface area (Å²) < 4.78 is 0. The third-order valence-electron chi connectivity index (χ3n) is 2.64. The molecule has 0 aliphatic rings. The van der Waals surface area contributed by atoms with Gasteiger partial charge in [-0.1, -0.05) is 43.0 Å². The van der Waals surface area contributed by atoms with Crippen LogP contribution in [0.4, 0.5) is 0 Å². The summed E-state index contributed by atoms with van der Waals surface area (Å²) in [5, 5.41) is 18.3. The quantitative estimate of drug-likeness (QED) is 0.716. The number of rotatable bonds is 5. The van der Waals surface area contributed by atoms with E-state index in [-0.39, 0.29) is 0 Å². The van der Waals surface area contributed by atoms with Crippen molar-refractivity contribution in [2.45, 2.75) is 12.8 Å². The van der Waals surface area contributed by atoms with Gasteiger partial charge in [-0.05, 0) is 17.5 Å². The molecule has 0 aromatic heterocycles. The van der Waals surface area contributed by atoms with E-state index < -0.39 is 5.41 Å². The maximum Gasteiger partial charge on any atom is 0.151 e. The number of nitrogens with zero attached hydrogens (tertiary/aromatic N) is 2. The van der Waals surface area contributed by atoms with Crippen LogP contribution in [0.15, 0.2) is 43.5 Å². The van der Waals surface area contributed by atoms with Gasteiger partial charge in [0.15, 0.2) is 5.41 Å². The molecule has 0 aliphatic heterocycles. The van der Waals surface area contributed by atoms with Gasteiger partial charge in [0, 0.05) is 6.42 Å². The lowest BCUT2D eigenvalue weighted by Crippen LogP contribution is -2.18. The molecule has 17 heavy (non-hydrogen) atoms. The van der Waals surface area contributed by atoms with Crippen LogP contribution < -0.4 is 0 Å². The first-order valence-corrected chi connectivity index (χ1v) is 5.34. The molecule has 0 amide bonds. The lowest BCUT2D eigenvalue weighted by molar-refractivity contribution is 0.527. The minimum absolute atomic E-state index is 0.378. The summed E-state index contributed by atoms with van der Waals surface area (Å²) in [5.41, 5.74) is 0.995. The van der Waals surface area contributed by atoms with E-state index in [1.54, 1.807) is 12.2 Å². The molecule has 0 unspecified atom stereocenters. The highest BCUT2D eigenvalue weighted by Crippen LogP contribution is 2.26. The molecule has 2 nitrogen and oxygen atoms in total. The monoisotopic (exact) mass is 222 g/mol. The first kappa shape index (κ1) is 12.7. The number of allylic oxidation sites excluding steroid dienone is 1. The molecule has 1 aromatic carbocycles. The Morgan fingerprint density at radius 3 is 2.12 bits per heavy atom. The minimum Gasteiger partial charge on any atom is -0.197 e. The summed E-state index contributed by atoms with van der Waals surface area (Å²) in [4.78, 5) is 0. The highest BCUT2D eigenvalue weighted by Gasteiger charge is 2.28. The van der Waals surface area contributed by atoms with E-state index in [4.69, 9.17) is 10.5 Å². The molecule has 1 aromatic rings. The molecule has 0 radical (unpaired) electrons. The second-order valence-corrected chi connectivity index (χ2v) is 3.92. The van der Waals surface area contributed by atoms with Crippen molar-refractivity contribution in [1.29, 1.82) is 10.5 Å². The average Bonchev–Trinajstić information content (AvgIpc) is 2.39. The van der Waals surface area contributed by atoms with Crippen molar-refractivity contribution in [3.8, 4) is 12.1 Å². The van der Waals surface area contributed by atoms with E-state index in [0.717, 1.165) is 11.1 Å². The van der Waals surface area contributed by atoms with Gasteiger partial charge in [-0.3, -0.25) is 0 Å². The number of nitriles is 2. The molecule has 0 atom stereocenters. The number of benzene rings is 1. The van der Waals surface area contributed by atoms with E-state index in [0.29, 0.717) is 12.8 Å². The maximum atomic E-state index is 9.13. The van der Waals surface area contributed by atoms with Crippen LogP contribution in [0.3, 0.4) is 0 Å². The molecule has 0 saturated heterocycles. The van der Waals surface area contributed by atoms with Crippen LogP contribution in [0.1, 0.15) is 17.5 Å². The Bertz CT molecular complexity index is 469. The van der Waals surface area contributed by atoms with Crippen LogP contribution in [0, 0.1) is 28.1 Å². The average molecular weight is 222 g/mol. The summed E-state index contributed by atoms with van der Waals surface area (Å²) in [7, 11) is 0. The van der Waals surface area contributed by atoms with Crippen LogP contribution >= 0.6 is 0 Å². The van der Waals surface area contributed by atoms with Gasteiger partial charge in [0.1, 0.15) is 0 Å². The van der Waals surface area contributed by atoms with Crippen LogP contribution in [0.2, 0.25) is 0 Å². The number of hydrogen-bond acceptors (Lipinski definition) is 2. The van der Waals surface area contributed by atoms with Gasteiger partial charge in [0.25, 0.3) is 0 Å². The Balaban J connectivity index is 2.94. The van der Waals surface area contributed by atoms with E-state index >= 15 is 0 Å². The largest absolute Gasteiger partial charge is 0.197 e. The smallest absolute Gasteiger partial charge is 0.151 e. The Labute approximate surface area is 102 Å². The predicted octanol–water partition coefficient (Wildman–Crippen LogP) is 3.48. The fourth-order valence-corrected chi connectivity index (χ4v) is 1.63. The van der Waals surface area contributed by atoms with E-state index in [9.17, 15) is 0 Å². The third-order valence-corrected chi connectivity index (χ3v) is 2.64. The zero-order valence-corrected chi connectivity index (χ0v) is 9.69.